The summed E-state index contributed by atoms with van der Waals surface area (Å²) in [6, 6.07) is 14.8. The zero-order chi connectivity index (χ0) is 29.8. The SMILES string of the molecule is COc1nc(-c2cccc(-c3cccc(NC(=O)c4cn(C)c(=O)n(C)c4=O)c3C)c2Cl)ccc1CN[C@@H](C)CO. The van der Waals surface area contributed by atoms with Gasteiger partial charge in [0.05, 0.1) is 24.4 Å². The maximum Gasteiger partial charge on any atom is 0.330 e. The topological polar surface area (TPSA) is 127 Å². The lowest BCUT2D eigenvalue weighted by molar-refractivity contribution is 0.102. The van der Waals surface area contributed by atoms with E-state index < -0.39 is 17.2 Å². The van der Waals surface area contributed by atoms with Crippen molar-refractivity contribution >= 4 is 23.2 Å². The number of pyridine rings is 1. The van der Waals surface area contributed by atoms with Gasteiger partial charge in [-0.05, 0) is 37.1 Å². The van der Waals surface area contributed by atoms with E-state index in [9.17, 15) is 19.5 Å². The van der Waals surface area contributed by atoms with Crippen molar-refractivity contribution in [2.45, 2.75) is 26.4 Å². The minimum absolute atomic E-state index is 0.0200. The van der Waals surface area contributed by atoms with Crippen molar-refractivity contribution < 1.29 is 14.6 Å². The van der Waals surface area contributed by atoms with Gasteiger partial charge in [-0.25, -0.2) is 9.78 Å². The standard InChI is InChI=1S/C30H32ClN5O5/c1-17(16-37)32-14-19-12-13-25(34-28(19)41-5)22-10-6-9-21(26(22)31)20-8-7-11-24(18(20)2)33-27(38)23-15-35(3)30(40)36(4)29(23)39/h6-13,15,17,32,37H,14,16H2,1-5H3,(H,33,38)/t17-/m0/s1. The number of halogens is 1. The van der Waals surface area contributed by atoms with E-state index in [1.807, 2.05) is 50.2 Å². The molecular weight excluding hydrogens is 546 g/mol. The van der Waals surface area contributed by atoms with Gasteiger partial charge < -0.3 is 25.0 Å². The van der Waals surface area contributed by atoms with Crippen LogP contribution >= 0.6 is 11.6 Å². The summed E-state index contributed by atoms with van der Waals surface area (Å²) in [5.74, 6) is -0.174. The smallest absolute Gasteiger partial charge is 0.330 e. The van der Waals surface area contributed by atoms with E-state index in [0.29, 0.717) is 34.4 Å². The van der Waals surface area contributed by atoms with Gasteiger partial charge in [0, 0.05) is 55.3 Å². The molecule has 0 radical (unpaired) electrons. The Labute approximate surface area is 242 Å². The number of nitrogens with one attached hydrogen (secondary N) is 2. The van der Waals surface area contributed by atoms with E-state index in [1.165, 1.54) is 24.9 Å². The Hall–Kier alpha value is -4.25. The van der Waals surface area contributed by atoms with Gasteiger partial charge in [0.1, 0.15) is 5.56 Å². The second kappa shape index (κ2) is 12.5. The highest BCUT2D eigenvalue weighted by Gasteiger charge is 2.19. The van der Waals surface area contributed by atoms with E-state index >= 15 is 0 Å². The summed E-state index contributed by atoms with van der Waals surface area (Å²) in [7, 11) is 4.36. The zero-order valence-corrected chi connectivity index (χ0v) is 24.2. The molecule has 1 amide bonds. The second-order valence-electron chi connectivity index (χ2n) is 9.73. The number of anilines is 1. The first-order chi connectivity index (χ1) is 19.6. The summed E-state index contributed by atoms with van der Waals surface area (Å²) in [6.45, 7) is 4.23. The van der Waals surface area contributed by atoms with Crippen LogP contribution < -0.4 is 26.6 Å². The van der Waals surface area contributed by atoms with Crippen molar-refractivity contribution in [2.24, 2.45) is 14.1 Å². The number of carbonyl (C=O) groups excluding carboxylic acids is 1. The predicted octanol–water partition coefficient (Wildman–Crippen LogP) is 3.51. The van der Waals surface area contributed by atoms with Crippen molar-refractivity contribution in [3.05, 3.63) is 97.3 Å². The largest absolute Gasteiger partial charge is 0.481 e. The Morgan fingerprint density at radius 1 is 1.07 bits per heavy atom. The van der Waals surface area contributed by atoms with Crippen LogP contribution in [0, 0.1) is 6.92 Å². The maximum atomic E-state index is 13.0. The number of ether oxygens (including phenoxy) is 1. The van der Waals surface area contributed by atoms with Crippen LogP contribution in [0.3, 0.4) is 0 Å². The lowest BCUT2D eigenvalue weighted by Gasteiger charge is -2.16. The van der Waals surface area contributed by atoms with Crippen LogP contribution in [-0.4, -0.2) is 44.9 Å². The van der Waals surface area contributed by atoms with Gasteiger partial charge in [0.15, 0.2) is 0 Å². The molecule has 0 unspecified atom stereocenters. The molecule has 0 saturated carbocycles. The fraction of sp³-hybridized carbons (Fsp3) is 0.267. The summed E-state index contributed by atoms with van der Waals surface area (Å²) >= 11 is 6.95. The van der Waals surface area contributed by atoms with Crippen molar-refractivity contribution in [3.63, 3.8) is 0 Å². The number of hydrogen-bond donors (Lipinski definition) is 3. The summed E-state index contributed by atoms with van der Waals surface area (Å²) in [5.41, 5.74) is 3.59. The quantitative estimate of drug-likeness (QED) is 0.278. The molecule has 0 spiro atoms. The Morgan fingerprint density at radius 2 is 1.76 bits per heavy atom. The van der Waals surface area contributed by atoms with Gasteiger partial charge >= 0.3 is 5.69 Å². The lowest BCUT2D eigenvalue weighted by atomic mass is 9.96. The molecule has 0 bridgehead atoms. The summed E-state index contributed by atoms with van der Waals surface area (Å²) in [5, 5.41) is 15.8. The van der Waals surface area contributed by atoms with Crippen LogP contribution in [0.1, 0.15) is 28.4 Å². The van der Waals surface area contributed by atoms with Crippen LogP contribution in [0.5, 0.6) is 5.88 Å². The van der Waals surface area contributed by atoms with Crippen molar-refractivity contribution in [2.75, 3.05) is 19.0 Å². The molecule has 0 aliphatic rings. The molecule has 3 N–H and O–H groups in total. The zero-order valence-electron chi connectivity index (χ0n) is 23.5. The number of aliphatic hydroxyl groups is 1. The monoisotopic (exact) mass is 577 g/mol. The van der Waals surface area contributed by atoms with Crippen LogP contribution in [0.4, 0.5) is 5.69 Å². The molecule has 2 heterocycles. The number of hydrogen-bond acceptors (Lipinski definition) is 7. The molecule has 214 valence electrons. The van der Waals surface area contributed by atoms with E-state index in [0.717, 1.165) is 26.8 Å². The maximum absolute atomic E-state index is 13.0. The van der Waals surface area contributed by atoms with E-state index in [1.54, 1.807) is 19.2 Å². The highest BCUT2D eigenvalue weighted by atomic mass is 35.5. The van der Waals surface area contributed by atoms with E-state index in [-0.39, 0.29) is 18.2 Å². The Kier molecular flexibility index (Phi) is 9.07. The molecule has 1 atom stereocenters. The molecule has 0 aliphatic heterocycles. The minimum Gasteiger partial charge on any atom is -0.481 e. The number of carbonyl (C=O) groups is 1. The number of amides is 1. The molecule has 2 aromatic heterocycles. The highest BCUT2D eigenvalue weighted by Crippen LogP contribution is 2.39. The molecule has 0 fully saturated rings. The summed E-state index contributed by atoms with van der Waals surface area (Å²) < 4.78 is 7.61. The molecule has 0 aliphatic carbocycles. The van der Waals surface area contributed by atoms with Crippen LogP contribution in [0.25, 0.3) is 22.4 Å². The third-order valence-corrected chi connectivity index (χ3v) is 7.29. The van der Waals surface area contributed by atoms with Gasteiger partial charge in [-0.2, -0.15) is 0 Å². The third-order valence-electron chi connectivity index (χ3n) is 6.89. The molecule has 4 aromatic rings. The molecule has 4 rings (SSSR count). The van der Waals surface area contributed by atoms with Gasteiger partial charge in [0.2, 0.25) is 5.88 Å². The number of aryl methyl sites for hydroxylation is 1. The summed E-state index contributed by atoms with van der Waals surface area (Å²) in [4.78, 5) is 42.3. The van der Waals surface area contributed by atoms with Crippen molar-refractivity contribution in [3.8, 4) is 28.3 Å². The number of benzene rings is 2. The second-order valence-corrected chi connectivity index (χ2v) is 10.1. The molecular formula is C30H32ClN5O5. The van der Waals surface area contributed by atoms with Crippen LogP contribution in [0.15, 0.2) is 64.3 Å². The van der Waals surface area contributed by atoms with Gasteiger partial charge in [0.25, 0.3) is 11.5 Å². The molecule has 0 saturated heterocycles. The van der Waals surface area contributed by atoms with E-state index in [2.05, 4.69) is 15.6 Å². The summed E-state index contributed by atoms with van der Waals surface area (Å²) in [6.07, 6.45) is 1.23. The Morgan fingerprint density at radius 3 is 2.46 bits per heavy atom. The fourth-order valence-corrected chi connectivity index (χ4v) is 4.76. The van der Waals surface area contributed by atoms with Crippen LogP contribution in [-0.2, 0) is 20.6 Å². The Balaban J connectivity index is 1.68. The first-order valence-electron chi connectivity index (χ1n) is 12.9. The molecule has 11 heteroatoms. The normalized spacial score (nSPS) is 11.8. The number of aromatic nitrogens is 3. The fourth-order valence-electron chi connectivity index (χ4n) is 4.43. The van der Waals surface area contributed by atoms with Crippen LogP contribution in [0.2, 0.25) is 5.02 Å². The lowest BCUT2D eigenvalue weighted by Crippen LogP contribution is -2.40. The predicted molar refractivity (Wildman–Crippen MR) is 160 cm³/mol. The third kappa shape index (κ3) is 6.09. The first kappa shape index (κ1) is 29.7. The van der Waals surface area contributed by atoms with Crippen molar-refractivity contribution in [1.29, 1.82) is 0 Å². The number of nitrogens with zero attached hydrogens (tertiary/aromatic N) is 3. The number of aliphatic hydroxyl groups excluding tert-OH is 1. The van der Waals surface area contributed by atoms with Gasteiger partial charge in [-0.15, -0.1) is 0 Å². The van der Waals surface area contributed by atoms with Gasteiger partial charge in [-0.3, -0.25) is 14.2 Å². The average molecular weight is 578 g/mol. The average Bonchev–Trinajstić information content (AvgIpc) is 2.97. The van der Waals surface area contributed by atoms with E-state index in [4.69, 9.17) is 16.3 Å². The molecule has 10 nitrogen and oxygen atoms in total. The molecule has 2 aromatic carbocycles. The number of rotatable bonds is 9. The molecule has 41 heavy (non-hydrogen) atoms. The Bertz CT molecular complexity index is 1730. The number of methoxy groups -OCH3 is 1. The first-order valence-corrected chi connectivity index (χ1v) is 13.3. The highest BCUT2D eigenvalue weighted by molar-refractivity contribution is 6.36. The van der Waals surface area contributed by atoms with Gasteiger partial charge in [-0.1, -0.05) is 48.0 Å². The minimum atomic E-state index is -0.678. The van der Waals surface area contributed by atoms with Crippen molar-refractivity contribution in [1.82, 2.24) is 19.4 Å².